The number of rotatable bonds is 5. The van der Waals surface area contributed by atoms with Gasteiger partial charge >= 0.3 is 0 Å². The first-order valence-electron chi connectivity index (χ1n) is 12.2. The molecule has 3 N–H and O–H groups in total. The smallest absolute Gasteiger partial charge is 0.227 e. The van der Waals surface area contributed by atoms with E-state index in [-0.39, 0.29) is 11.8 Å². The Hall–Kier alpha value is -4.92. The van der Waals surface area contributed by atoms with Crippen LogP contribution in [-0.4, -0.2) is 41.0 Å². The Morgan fingerprint density at radius 1 is 0.838 bits per heavy atom. The maximum atomic E-state index is 12.4. The summed E-state index contributed by atoms with van der Waals surface area (Å²) in [7, 11) is 0. The Labute approximate surface area is 211 Å². The van der Waals surface area contributed by atoms with Gasteiger partial charge in [0.25, 0.3) is 0 Å². The van der Waals surface area contributed by atoms with Gasteiger partial charge in [0.15, 0.2) is 0 Å². The van der Waals surface area contributed by atoms with E-state index >= 15 is 0 Å². The van der Waals surface area contributed by atoms with Crippen molar-refractivity contribution in [2.24, 2.45) is 5.92 Å². The largest absolute Gasteiger partial charge is 0.353 e. The number of H-pyrrole nitrogens is 2. The standard InChI is InChI=1S/C28H22N8O/c37-28(17-2-1-3-17)33-19-10-18(13-30-14-19)23-11-21-25(15-32-23)35-36-27(21)24-12-20-22(34-24)6-9-31-26(20)16-4-7-29-8-5-16/h4-15,17,34H,1-3H2,(H,33,37)(H,35,36). The number of pyridine rings is 4. The highest BCUT2D eigenvalue weighted by molar-refractivity contribution is 6.00. The molecule has 0 aliphatic heterocycles. The first kappa shape index (κ1) is 21.4. The van der Waals surface area contributed by atoms with Crippen LogP contribution in [0.1, 0.15) is 19.3 Å². The zero-order chi connectivity index (χ0) is 24.8. The van der Waals surface area contributed by atoms with Crippen molar-refractivity contribution < 1.29 is 4.79 Å². The highest BCUT2D eigenvalue weighted by Crippen LogP contribution is 2.34. The SMILES string of the molecule is O=C(Nc1cncc(-c2cc3c(-c4cc5c(-c6ccncc6)nccc5[nH]4)n[nH]c3cn2)c1)C1CCC1. The maximum Gasteiger partial charge on any atom is 0.227 e. The van der Waals surface area contributed by atoms with E-state index in [1.807, 2.05) is 30.3 Å². The number of carbonyl (C=O) groups is 1. The lowest BCUT2D eigenvalue weighted by molar-refractivity contribution is -0.122. The summed E-state index contributed by atoms with van der Waals surface area (Å²) >= 11 is 0. The van der Waals surface area contributed by atoms with Crippen molar-refractivity contribution in [2.45, 2.75) is 19.3 Å². The van der Waals surface area contributed by atoms with Gasteiger partial charge in [0, 0.05) is 58.1 Å². The van der Waals surface area contributed by atoms with E-state index in [9.17, 15) is 4.79 Å². The lowest BCUT2D eigenvalue weighted by Crippen LogP contribution is -2.28. The summed E-state index contributed by atoms with van der Waals surface area (Å²) < 4.78 is 0. The number of anilines is 1. The van der Waals surface area contributed by atoms with Crippen LogP contribution in [0.5, 0.6) is 0 Å². The van der Waals surface area contributed by atoms with Crippen molar-refractivity contribution in [2.75, 3.05) is 5.32 Å². The third kappa shape index (κ3) is 3.81. The second-order valence-corrected chi connectivity index (χ2v) is 9.31. The predicted molar refractivity (Wildman–Crippen MR) is 141 cm³/mol. The molecule has 9 nitrogen and oxygen atoms in total. The molecule has 9 heteroatoms. The van der Waals surface area contributed by atoms with Crippen molar-refractivity contribution >= 4 is 33.4 Å². The fourth-order valence-corrected chi connectivity index (χ4v) is 4.76. The maximum absolute atomic E-state index is 12.4. The summed E-state index contributed by atoms with van der Waals surface area (Å²) in [5.74, 6) is 0.169. The van der Waals surface area contributed by atoms with Gasteiger partial charge in [0.2, 0.25) is 5.91 Å². The molecule has 6 aromatic heterocycles. The zero-order valence-electron chi connectivity index (χ0n) is 19.8. The summed E-state index contributed by atoms with van der Waals surface area (Å²) in [5.41, 5.74) is 7.60. The van der Waals surface area contributed by atoms with Crippen LogP contribution in [0.4, 0.5) is 5.69 Å². The van der Waals surface area contributed by atoms with Crippen molar-refractivity contribution in [3.05, 3.63) is 73.6 Å². The minimum atomic E-state index is 0.0603. The fraction of sp³-hybridized carbons (Fsp3) is 0.143. The minimum absolute atomic E-state index is 0.0603. The predicted octanol–water partition coefficient (Wildman–Crippen LogP) is 5.36. The summed E-state index contributed by atoms with van der Waals surface area (Å²) in [6.07, 6.45) is 13.5. The quantitative estimate of drug-likeness (QED) is 0.301. The van der Waals surface area contributed by atoms with Gasteiger partial charge < -0.3 is 10.3 Å². The van der Waals surface area contributed by atoms with Crippen LogP contribution in [0.15, 0.2) is 73.6 Å². The molecule has 1 aliphatic rings. The Balaban J connectivity index is 1.26. The van der Waals surface area contributed by atoms with Crippen molar-refractivity contribution in [1.29, 1.82) is 0 Å². The van der Waals surface area contributed by atoms with Crippen LogP contribution in [-0.2, 0) is 4.79 Å². The molecule has 0 aromatic carbocycles. The molecule has 0 spiro atoms. The molecule has 0 saturated heterocycles. The molecule has 1 aliphatic carbocycles. The summed E-state index contributed by atoms with van der Waals surface area (Å²) in [6, 6.07) is 11.8. The van der Waals surface area contributed by atoms with Gasteiger partial charge in [-0.3, -0.25) is 29.8 Å². The molecule has 1 saturated carbocycles. The van der Waals surface area contributed by atoms with Crippen LogP contribution in [0.25, 0.3) is 55.7 Å². The zero-order valence-corrected chi connectivity index (χ0v) is 19.8. The average molecular weight is 487 g/mol. The molecular weight excluding hydrogens is 464 g/mol. The van der Waals surface area contributed by atoms with E-state index in [2.05, 4.69) is 46.5 Å². The van der Waals surface area contributed by atoms with E-state index in [0.29, 0.717) is 5.69 Å². The van der Waals surface area contributed by atoms with Crippen molar-refractivity contribution in [3.63, 3.8) is 0 Å². The number of nitrogens with zero attached hydrogens (tertiary/aromatic N) is 5. The fourth-order valence-electron chi connectivity index (χ4n) is 4.76. The number of hydrogen-bond donors (Lipinski definition) is 3. The molecule has 0 radical (unpaired) electrons. The van der Waals surface area contributed by atoms with Crippen LogP contribution >= 0.6 is 0 Å². The van der Waals surface area contributed by atoms with Crippen molar-refractivity contribution in [3.8, 4) is 33.9 Å². The number of nitrogens with one attached hydrogen (secondary N) is 3. The van der Waals surface area contributed by atoms with Gasteiger partial charge in [-0.25, -0.2) is 0 Å². The molecular formula is C28H22N8O. The minimum Gasteiger partial charge on any atom is -0.353 e. The van der Waals surface area contributed by atoms with Gasteiger partial charge in [0.1, 0.15) is 5.69 Å². The van der Waals surface area contributed by atoms with Gasteiger partial charge in [-0.1, -0.05) is 6.42 Å². The van der Waals surface area contributed by atoms with Crippen LogP contribution in [0, 0.1) is 5.92 Å². The Morgan fingerprint density at radius 3 is 2.54 bits per heavy atom. The van der Waals surface area contributed by atoms with Gasteiger partial charge in [-0.15, -0.1) is 0 Å². The highest BCUT2D eigenvalue weighted by atomic mass is 16.1. The second kappa shape index (κ2) is 8.63. The number of aromatic amines is 2. The van der Waals surface area contributed by atoms with Crippen molar-refractivity contribution in [1.82, 2.24) is 35.1 Å². The molecule has 0 bridgehead atoms. The Kier molecular flexibility index (Phi) is 4.99. The first-order valence-corrected chi connectivity index (χ1v) is 12.2. The van der Waals surface area contributed by atoms with E-state index in [0.717, 1.165) is 75.0 Å². The van der Waals surface area contributed by atoms with Crippen LogP contribution in [0.3, 0.4) is 0 Å². The third-order valence-corrected chi connectivity index (χ3v) is 6.98. The molecule has 0 unspecified atom stereocenters. The molecule has 1 amide bonds. The van der Waals surface area contributed by atoms with Gasteiger partial charge in [0.05, 0.1) is 40.7 Å². The molecule has 1 fully saturated rings. The lowest BCUT2D eigenvalue weighted by Gasteiger charge is -2.24. The molecule has 0 atom stereocenters. The molecule has 37 heavy (non-hydrogen) atoms. The van der Waals surface area contributed by atoms with E-state index in [4.69, 9.17) is 0 Å². The third-order valence-electron chi connectivity index (χ3n) is 6.98. The van der Waals surface area contributed by atoms with Gasteiger partial charge in [-0.2, -0.15) is 5.10 Å². The van der Waals surface area contributed by atoms with Gasteiger partial charge in [-0.05, 0) is 49.2 Å². The summed E-state index contributed by atoms with van der Waals surface area (Å²) in [6.45, 7) is 0. The normalized spacial score (nSPS) is 13.6. The summed E-state index contributed by atoms with van der Waals surface area (Å²) in [4.78, 5) is 33.6. The number of fused-ring (bicyclic) bond motifs is 2. The molecule has 180 valence electrons. The molecule has 6 heterocycles. The lowest BCUT2D eigenvalue weighted by atomic mass is 9.85. The molecule has 6 aromatic rings. The van der Waals surface area contributed by atoms with Crippen LogP contribution in [0.2, 0.25) is 0 Å². The van der Waals surface area contributed by atoms with E-state index < -0.39 is 0 Å². The van der Waals surface area contributed by atoms with E-state index in [1.54, 1.807) is 37.2 Å². The van der Waals surface area contributed by atoms with Crippen LogP contribution < -0.4 is 5.32 Å². The Bertz CT molecular complexity index is 1770. The summed E-state index contributed by atoms with van der Waals surface area (Å²) in [5, 5.41) is 12.6. The number of hydrogen-bond acceptors (Lipinski definition) is 6. The van der Waals surface area contributed by atoms with E-state index in [1.165, 1.54) is 0 Å². The topological polar surface area (TPSA) is 125 Å². The molecule has 7 rings (SSSR count). The monoisotopic (exact) mass is 486 g/mol. The Morgan fingerprint density at radius 2 is 1.70 bits per heavy atom. The number of amides is 1. The number of carbonyl (C=O) groups excluding carboxylic acids is 1. The average Bonchev–Trinajstić information content (AvgIpc) is 3.52. The number of aromatic nitrogens is 7. The highest BCUT2D eigenvalue weighted by Gasteiger charge is 2.25. The second-order valence-electron chi connectivity index (χ2n) is 9.31. The first-order chi connectivity index (χ1) is 18.2.